The van der Waals surface area contributed by atoms with Crippen molar-refractivity contribution in [3.8, 4) is 0 Å². The number of piperidine rings is 1. The summed E-state index contributed by atoms with van der Waals surface area (Å²) < 4.78 is 0. The van der Waals surface area contributed by atoms with Crippen molar-refractivity contribution < 1.29 is 0 Å². The molecule has 1 N–H and O–H groups in total. The molecule has 0 radical (unpaired) electrons. The highest BCUT2D eigenvalue weighted by Gasteiger charge is 2.48. The van der Waals surface area contributed by atoms with Gasteiger partial charge in [-0.15, -0.1) is 0 Å². The van der Waals surface area contributed by atoms with Gasteiger partial charge in [0.2, 0.25) is 0 Å². The topological polar surface area (TPSA) is 30.3 Å². The standard InChI is InChI=1S/C10H17N3/c11-7-12-5-9-4-10(6-12)13(9)8-2-1-3-8/h7-11H,1-6H2. The lowest BCUT2D eigenvalue weighted by molar-refractivity contribution is -0.0962. The molecule has 3 heteroatoms. The van der Waals surface area contributed by atoms with Gasteiger partial charge < -0.3 is 4.90 Å². The molecule has 0 amide bonds. The molecule has 0 aromatic rings. The van der Waals surface area contributed by atoms with E-state index in [9.17, 15) is 0 Å². The molecular weight excluding hydrogens is 162 g/mol. The van der Waals surface area contributed by atoms with Crippen molar-refractivity contribution in [1.29, 1.82) is 5.41 Å². The highest BCUT2D eigenvalue weighted by Crippen LogP contribution is 2.39. The van der Waals surface area contributed by atoms with Gasteiger partial charge in [0.1, 0.15) is 0 Å². The van der Waals surface area contributed by atoms with Gasteiger partial charge >= 0.3 is 0 Å². The van der Waals surface area contributed by atoms with Gasteiger partial charge in [-0.3, -0.25) is 10.3 Å². The highest BCUT2D eigenvalue weighted by molar-refractivity contribution is 5.51. The number of hydrogen-bond acceptors (Lipinski definition) is 2. The van der Waals surface area contributed by atoms with Crippen LogP contribution in [0.15, 0.2) is 0 Å². The van der Waals surface area contributed by atoms with E-state index in [0.717, 1.165) is 31.2 Å². The van der Waals surface area contributed by atoms with Gasteiger partial charge in [0, 0.05) is 31.2 Å². The van der Waals surface area contributed by atoms with Crippen LogP contribution >= 0.6 is 0 Å². The van der Waals surface area contributed by atoms with Gasteiger partial charge in [0.05, 0.1) is 6.34 Å². The van der Waals surface area contributed by atoms with E-state index >= 15 is 0 Å². The summed E-state index contributed by atoms with van der Waals surface area (Å²) >= 11 is 0. The molecule has 3 aliphatic heterocycles. The molecule has 0 aromatic carbocycles. The summed E-state index contributed by atoms with van der Waals surface area (Å²) in [5.74, 6) is 0. The predicted octanol–water partition coefficient (Wildman–Crippen LogP) is 0.904. The zero-order valence-corrected chi connectivity index (χ0v) is 7.95. The number of nitrogens with one attached hydrogen (secondary N) is 1. The van der Waals surface area contributed by atoms with Crippen LogP contribution in [0.4, 0.5) is 0 Å². The number of nitrogens with zero attached hydrogens (tertiary/aromatic N) is 2. The van der Waals surface area contributed by atoms with E-state index in [1.165, 1.54) is 32.0 Å². The minimum Gasteiger partial charge on any atom is -0.360 e. The number of hydrogen-bond donors (Lipinski definition) is 1. The summed E-state index contributed by atoms with van der Waals surface area (Å²) in [5, 5.41) is 7.22. The Kier molecular flexibility index (Phi) is 1.62. The van der Waals surface area contributed by atoms with Gasteiger partial charge in [-0.05, 0) is 19.3 Å². The number of rotatable bonds is 2. The summed E-state index contributed by atoms with van der Waals surface area (Å²) in [6.07, 6.45) is 7.20. The fourth-order valence-corrected chi connectivity index (χ4v) is 3.06. The van der Waals surface area contributed by atoms with Crippen molar-refractivity contribution in [2.45, 2.75) is 43.8 Å². The van der Waals surface area contributed by atoms with E-state index in [2.05, 4.69) is 9.80 Å². The third kappa shape index (κ3) is 1.03. The van der Waals surface area contributed by atoms with E-state index in [1.807, 2.05) is 0 Å². The van der Waals surface area contributed by atoms with Crippen LogP contribution < -0.4 is 0 Å². The van der Waals surface area contributed by atoms with Crippen molar-refractivity contribution in [3.63, 3.8) is 0 Å². The van der Waals surface area contributed by atoms with Crippen molar-refractivity contribution in [1.82, 2.24) is 9.80 Å². The maximum atomic E-state index is 7.22. The lowest BCUT2D eigenvalue weighted by Crippen LogP contribution is -2.71. The van der Waals surface area contributed by atoms with Gasteiger partial charge in [0.15, 0.2) is 0 Å². The maximum Gasteiger partial charge on any atom is 0.0818 e. The molecule has 2 unspecified atom stereocenters. The lowest BCUT2D eigenvalue weighted by atomic mass is 9.80. The van der Waals surface area contributed by atoms with E-state index < -0.39 is 0 Å². The van der Waals surface area contributed by atoms with Crippen LogP contribution in [0.5, 0.6) is 0 Å². The molecule has 2 atom stereocenters. The first-order valence-electron chi connectivity index (χ1n) is 5.40. The summed E-state index contributed by atoms with van der Waals surface area (Å²) in [6, 6.07) is 2.48. The SMILES string of the molecule is N=CN1CC2CC(C1)N2C1CCC1. The van der Waals surface area contributed by atoms with Crippen LogP contribution in [0.25, 0.3) is 0 Å². The van der Waals surface area contributed by atoms with Crippen molar-refractivity contribution in [2.75, 3.05) is 13.1 Å². The minimum absolute atomic E-state index is 0.783. The normalized spacial score (nSPS) is 39.5. The van der Waals surface area contributed by atoms with Gasteiger partial charge in [-0.25, -0.2) is 0 Å². The average molecular weight is 179 g/mol. The molecule has 0 spiro atoms. The summed E-state index contributed by atoms with van der Waals surface area (Å²) in [4.78, 5) is 4.89. The van der Waals surface area contributed by atoms with Gasteiger partial charge in [-0.2, -0.15) is 0 Å². The van der Waals surface area contributed by atoms with E-state index in [4.69, 9.17) is 5.41 Å². The van der Waals surface area contributed by atoms with E-state index in [0.29, 0.717) is 0 Å². The molecule has 13 heavy (non-hydrogen) atoms. The first kappa shape index (κ1) is 7.80. The van der Waals surface area contributed by atoms with E-state index in [-0.39, 0.29) is 0 Å². The second-order valence-electron chi connectivity index (χ2n) is 4.66. The Balaban J connectivity index is 1.65. The monoisotopic (exact) mass is 179 g/mol. The van der Waals surface area contributed by atoms with Crippen LogP contribution in [-0.4, -0.2) is 47.4 Å². The lowest BCUT2D eigenvalue weighted by Gasteiger charge is -2.60. The third-order valence-corrected chi connectivity index (χ3v) is 3.96. The summed E-state index contributed by atoms with van der Waals surface area (Å²) in [7, 11) is 0. The van der Waals surface area contributed by atoms with Crippen LogP contribution in [0.3, 0.4) is 0 Å². The zero-order chi connectivity index (χ0) is 8.84. The third-order valence-electron chi connectivity index (χ3n) is 3.96. The average Bonchev–Trinajstić information content (AvgIpc) is 2.11. The quantitative estimate of drug-likeness (QED) is 0.504. The van der Waals surface area contributed by atoms with Crippen LogP contribution in [-0.2, 0) is 0 Å². The molecule has 4 fully saturated rings. The predicted molar refractivity (Wildman–Crippen MR) is 52.0 cm³/mol. The van der Waals surface area contributed by atoms with Gasteiger partial charge in [-0.1, -0.05) is 6.42 Å². The van der Waals surface area contributed by atoms with Crippen LogP contribution in [0.1, 0.15) is 25.7 Å². The molecule has 72 valence electrons. The van der Waals surface area contributed by atoms with Crippen molar-refractivity contribution in [3.05, 3.63) is 0 Å². The molecule has 4 rings (SSSR count). The minimum atomic E-state index is 0.783. The Hall–Kier alpha value is -0.570. The molecule has 3 nitrogen and oxygen atoms in total. The zero-order valence-electron chi connectivity index (χ0n) is 7.95. The first-order valence-corrected chi connectivity index (χ1v) is 5.40. The van der Waals surface area contributed by atoms with Gasteiger partial charge in [0.25, 0.3) is 0 Å². The smallest absolute Gasteiger partial charge is 0.0818 e. The molecule has 3 heterocycles. The number of piperazine rings is 1. The molecule has 3 saturated heterocycles. The molecular formula is C10H17N3. The van der Waals surface area contributed by atoms with Crippen molar-refractivity contribution in [2.24, 2.45) is 0 Å². The Bertz CT molecular complexity index is 212. The molecule has 1 aliphatic carbocycles. The molecule has 1 saturated carbocycles. The molecule has 2 bridgehead atoms. The molecule has 0 aromatic heterocycles. The Morgan fingerprint density at radius 3 is 2.23 bits per heavy atom. The second kappa shape index (κ2) is 2.71. The largest absolute Gasteiger partial charge is 0.360 e. The molecule has 4 aliphatic rings. The summed E-state index contributed by atoms with van der Waals surface area (Å²) in [6.45, 7) is 2.22. The second-order valence-corrected chi connectivity index (χ2v) is 4.66. The number of fused-ring (bicyclic) bond motifs is 2. The Morgan fingerprint density at radius 1 is 1.08 bits per heavy atom. The van der Waals surface area contributed by atoms with Crippen LogP contribution in [0.2, 0.25) is 0 Å². The van der Waals surface area contributed by atoms with Crippen molar-refractivity contribution >= 4 is 6.34 Å². The summed E-state index contributed by atoms with van der Waals surface area (Å²) in [5.41, 5.74) is 0. The Labute approximate surface area is 79.2 Å². The van der Waals surface area contributed by atoms with E-state index in [1.54, 1.807) is 0 Å². The van der Waals surface area contributed by atoms with Crippen LogP contribution in [0, 0.1) is 5.41 Å². The fraction of sp³-hybridized carbons (Fsp3) is 0.900. The Morgan fingerprint density at radius 2 is 1.77 bits per heavy atom. The maximum absolute atomic E-state index is 7.22. The first-order chi connectivity index (χ1) is 6.38. The highest BCUT2D eigenvalue weighted by atomic mass is 15.4. The fourth-order valence-electron chi connectivity index (χ4n) is 3.06.